The second kappa shape index (κ2) is 11.8. The minimum Gasteiger partial charge on any atom is -0.477 e. The maximum Gasteiger partial charge on any atom is 0.348 e. The number of carboxylic acid groups (broad SMARTS) is 1. The highest BCUT2D eigenvalue weighted by atomic mass is 32.1. The molecule has 0 saturated heterocycles. The van der Waals surface area contributed by atoms with Crippen LogP contribution in [0.15, 0.2) is 34.8 Å². The van der Waals surface area contributed by atoms with Gasteiger partial charge in [0, 0.05) is 29.6 Å². The van der Waals surface area contributed by atoms with Crippen LogP contribution < -0.4 is 15.2 Å². The third-order valence-corrected chi connectivity index (χ3v) is 8.30. The lowest BCUT2D eigenvalue weighted by atomic mass is 9.79. The van der Waals surface area contributed by atoms with Gasteiger partial charge in [-0.05, 0) is 78.2 Å². The molecule has 2 aromatic heterocycles. The Labute approximate surface area is 233 Å². The van der Waals surface area contributed by atoms with Crippen LogP contribution in [0.1, 0.15) is 87.7 Å². The molecular formula is C30H37N3O5S. The van der Waals surface area contributed by atoms with E-state index in [-0.39, 0.29) is 51.8 Å². The van der Waals surface area contributed by atoms with E-state index < -0.39 is 5.97 Å². The lowest BCUT2D eigenvalue weighted by molar-refractivity contribution is -0.124. The summed E-state index contributed by atoms with van der Waals surface area (Å²) in [4.78, 5) is 47.4. The average Bonchev–Trinajstić information content (AvgIpc) is 3.28. The number of aromatic amines is 1. The quantitative estimate of drug-likeness (QED) is 0.355. The molecule has 2 atom stereocenters. The summed E-state index contributed by atoms with van der Waals surface area (Å²) >= 11 is 1.12. The predicted molar refractivity (Wildman–Crippen MR) is 152 cm³/mol. The zero-order chi connectivity index (χ0) is 28.3. The van der Waals surface area contributed by atoms with Crippen LogP contribution in [0.5, 0.6) is 6.01 Å². The number of H-pyrrole nitrogens is 1. The monoisotopic (exact) mass is 551 g/mol. The first kappa shape index (κ1) is 28.6. The number of nitrogens with one attached hydrogen (secondary N) is 1. The van der Waals surface area contributed by atoms with Crippen LogP contribution in [0.25, 0.3) is 0 Å². The van der Waals surface area contributed by atoms with E-state index in [1.165, 1.54) is 17.8 Å². The normalized spacial score (nSPS) is 23.3. The Balaban J connectivity index is 1.65. The van der Waals surface area contributed by atoms with Crippen molar-refractivity contribution in [2.24, 2.45) is 17.3 Å². The molecule has 2 aliphatic carbocycles. The van der Waals surface area contributed by atoms with Crippen LogP contribution >= 0.6 is 11.3 Å². The molecule has 2 aliphatic rings. The maximum atomic E-state index is 14.2. The van der Waals surface area contributed by atoms with E-state index in [0.29, 0.717) is 42.7 Å². The summed E-state index contributed by atoms with van der Waals surface area (Å²) in [6.45, 7) is 10.2. The number of amides is 1. The molecule has 0 spiro atoms. The number of aromatic carboxylic acids is 1. The van der Waals surface area contributed by atoms with E-state index >= 15 is 0 Å². The molecule has 2 N–H and O–H groups in total. The number of carbonyl (C=O) groups excluding carboxylic acids is 1. The summed E-state index contributed by atoms with van der Waals surface area (Å²) < 4.78 is 5.92. The Morgan fingerprint density at radius 3 is 2.56 bits per heavy atom. The Morgan fingerprint density at radius 2 is 1.95 bits per heavy atom. The highest BCUT2D eigenvalue weighted by Gasteiger charge is 2.39. The lowest BCUT2D eigenvalue weighted by Crippen LogP contribution is -2.48. The van der Waals surface area contributed by atoms with Crippen LogP contribution in [-0.2, 0) is 4.79 Å². The third kappa shape index (κ3) is 7.18. The first-order chi connectivity index (χ1) is 18.4. The lowest BCUT2D eigenvalue weighted by Gasteiger charge is -2.40. The number of carbonyl (C=O) groups is 2. The standard InChI is InChI=1S/C30H37N3O5S/c1-18-6-11-23(19(2)16-18)27(35)33(24-17-22(12-14-30(3,4)5)39-26(24)28(36)37)20-7-9-21(10-8-20)38-29-31-15-13-25(34)32-29/h6,13,15,17,19-21,23H,7-11,16H2,1-5H3,(H,36,37)(H,31,32,34)/t19-,20-,21-,23-/m0/s1. The molecule has 0 radical (unpaired) electrons. The van der Waals surface area contributed by atoms with Crippen LogP contribution in [-0.4, -0.2) is 39.1 Å². The summed E-state index contributed by atoms with van der Waals surface area (Å²) in [5.41, 5.74) is 1.21. The van der Waals surface area contributed by atoms with Gasteiger partial charge in [-0.2, -0.15) is 0 Å². The van der Waals surface area contributed by atoms with Gasteiger partial charge in [0.25, 0.3) is 11.6 Å². The van der Waals surface area contributed by atoms with Crippen molar-refractivity contribution in [3.05, 3.63) is 50.1 Å². The summed E-state index contributed by atoms with van der Waals surface area (Å²) in [5, 5.41) is 10.1. The highest BCUT2D eigenvalue weighted by molar-refractivity contribution is 7.15. The van der Waals surface area contributed by atoms with Crippen molar-refractivity contribution in [2.45, 2.75) is 85.3 Å². The summed E-state index contributed by atoms with van der Waals surface area (Å²) in [6.07, 6.45) is 7.46. The molecule has 0 bridgehead atoms. The van der Waals surface area contributed by atoms with Crippen LogP contribution in [0, 0.1) is 29.1 Å². The van der Waals surface area contributed by atoms with Gasteiger partial charge in [-0.25, -0.2) is 9.78 Å². The summed E-state index contributed by atoms with van der Waals surface area (Å²) in [6, 6.07) is 3.12. The molecule has 9 heteroatoms. The number of rotatable bonds is 6. The fourth-order valence-electron chi connectivity index (χ4n) is 5.33. The van der Waals surface area contributed by atoms with Crippen molar-refractivity contribution in [1.82, 2.24) is 9.97 Å². The van der Waals surface area contributed by atoms with Gasteiger partial charge in [-0.3, -0.25) is 14.6 Å². The Bertz CT molecular complexity index is 1370. The Hall–Kier alpha value is -3.38. The van der Waals surface area contributed by atoms with E-state index in [9.17, 15) is 19.5 Å². The topological polar surface area (TPSA) is 113 Å². The van der Waals surface area contributed by atoms with E-state index in [1.807, 2.05) is 20.8 Å². The van der Waals surface area contributed by atoms with Crippen molar-refractivity contribution in [3.63, 3.8) is 0 Å². The van der Waals surface area contributed by atoms with Crippen molar-refractivity contribution < 1.29 is 19.4 Å². The predicted octanol–water partition coefficient (Wildman–Crippen LogP) is 5.64. The fraction of sp³-hybridized carbons (Fsp3) is 0.533. The number of allylic oxidation sites excluding steroid dienone is 2. The molecule has 1 fully saturated rings. The SMILES string of the molecule is CC1=CC[C@H](C(=O)N(c2cc(C#CC(C)(C)C)sc2C(=O)O)[C@H]2CC[C@H](Oc3nccc(=O)[nH]3)CC2)[C@@H](C)C1. The van der Waals surface area contributed by atoms with E-state index in [2.05, 4.69) is 41.7 Å². The molecule has 4 rings (SSSR count). The molecule has 1 saturated carbocycles. The van der Waals surface area contributed by atoms with Crippen molar-refractivity contribution in [3.8, 4) is 17.9 Å². The Kier molecular flexibility index (Phi) is 8.65. The van der Waals surface area contributed by atoms with Crippen molar-refractivity contribution in [1.29, 1.82) is 0 Å². The van der Waals surface area contributed by atoms with E-state index in [0.717, 1.165) is 17.8 Å². The van der Waals surface area contributed by atoms with E-state index in [4.69, 9.17) is 4.74 Å². The first-order valence-corrected chi connectivity index (χ1v) is 14.3. The van der Waals surface area contributed by atoms with Gasteiger partial charge in [-0.1, -0.05) is 30.4 Å². The smallest absolute Gasteiger partial charge is 0.348 e. The largest absolute Gasteiger partial charge is 0.477 e. The zero-order valence-electron chi connectivity index (χ0n) is 23.2. The molecule has 39 heavy (non-hydrogen) atoms. The van der Waals surface area contributed by atoms with Gasteiger partial charge >= 0.3 is 5.97 Å². The third-order valence-electron chi connectivity index (χ3n) is 7.27. The highest BCUT2D eigenvalue weighted by Crippen LogP contribution is 2.39. The Morgan fingerprint density at radius 1 is 1.23 bits per heavy atom. The number of nitrogens with zero attached hydrogens (tertiary/aromatic N) is 2. The molecular weight excluding hydrogens is 514 g/mol. The number of anilines is 1. The van der Waals surface area contributed by atoms with Crippen LogP contribution in [0.3, 0.4) is 0 Å². The molecule has 0 aromatic carbocycles. The molecule has 8 nitrogen and oxygen atoms in total. The van der Waals surface area contributed by atoms with Gasteiger partial charge in [-0.15, -0.1) is 11.3 Å². The minimum absolute atomic E-state index is 0.0275. The van der Waals surface area contributed by atoms with E-state index in [1.54, 1.807) is 11.0 Å². The van der Waals surface area contributed by atoms with Gasteiger partial charge in [0.2, 0.25) is 5.91 Å². The molecule has 2 heterocycles. The van der Waals surface area contributed by atoms with Gasteiger partial charge in [0.05, 0.1) is 10.6 Å². The average molecular weight is 552 g/mol. The second-order valence-electron chi connectivity index (χ2n) is 11.7. The minimum atomic E-state index is -1.06. The van der Waals surface area contributed by atoms with Gasteiger partial charge in [0.15, 0.2) is 0 Å². The molecule has 1 amide bonds. The van der Waals surface area contributed by atoms with Crippen molar-refractivity contribution >= 4 is 28.9 Å². The van der Waals surface area contributed by atoms with Crippen LogP contribution in [0.4, 0.5) is 5.69 Å². The molecule has 208 valence electrons. The number of carboxylic acids is 1. The summed E-state index contributed by atoms with van der Waals surface area (Å²) in [7, 11) is 0. The molecule has 0 unspecified atom stereocenters. The maximum absolute atomic E-state index is 14.2. The number of thiophene rings is 1. The first-order valence-electron chi connectivity index (χ1n) is 13.5. The number of ether oxygens (including phenoxy) is 1. The molecule has 2 aromatic rings. The fourth-order valence-corrected chi connectivity index (χ4v) is 6.17. The number of hydrogen-bond acceptors (Lipinski definition) is 6. The summed E-state index contributed by atoms with van der Waals surface area (Å²) in [5.74, 6) is 5.18. The number of hydrogen-bond donors (Lipinski definition) is 2. The second-order valence-corrected chi connectivity index (χ2v) is 12.8. The molecule has 0 aliphatic heterocycles. The van der Waals surface area contributed by atoms with Gasteiger partial charge in [0.1, 0.15) is 11.0 Å². The van der Waals surface area contributed by atoms with Crippen molar-refractivity contribution in [2.75, 3.05) is 4.90 Å². The zero-order valence-corrected chi connectivity index (χ0v) is 24.1. The van der Waals surface area contributed by atoms with Gasteiger partial charge < -0.3 is 14.7 Å². The number of aromatic nitrogens is 2. The van der Waals surface area contributed by atoms with Crippen LogP contribution in [0.2, 0.25) is 0 Å².